The molecule has 0 radical (unpaired) electrons. The highest BCUT2D eigenvalue weighted by molar-refractivity contribution is 7.71. The fourth-order valence-corrected chi connectivity index (χ4v) is 3.49. The van der Waals surface area contributed by atoms with Gasteiger partial charge in [-0.2, -0.15) is 5.10 Å². The SMILES string of the molecule is Cc1ccc(-n2c(COc3ccc(C(=O)c4ccccc4)cc3C)n[nH]c2=S)cc1. The molecule has 0 amide bonds. The molecule has 0 spiro atoms. The highest BCUT2D eigenvalue weighted by Gasteiger charge is 2.13. The van der Waals surface area contributed by atoms with E-state index in [0.717, 1.165) is 11.3 Å². The molecule has 1 aromatic heterocycles. The first-order valence-corrected chi connectivity index (χ1v) is 10.0. The lowest BCUT2D eigenvalue weighted by atomic mass is 10.0. The Labute approximate surface area is 180 Å². The third-order valence-corrected chi connectivity index (χ3v) is 5.14. The Bertz CT molecular complexity index is 1240. The lowest BCUT2D eigenvalue weighted by Gasteiger charge is -2.12. The molecule has 0 fully saturated rings. The zero-order chi connectivity index (χ0) is 21.1. The summed E-state index contributed by atoms with van der Waals surface area (Å²) in [7, 11) is 0. The van der Waals surface area contributed by atoms with Gasteiger partial charge < -0.3 is 4.74 Å². The van der Waals surface area contributed by atoms with Crippen LogP contribution >= 0.6 is 12.2 Å². The van der Waals surface area contributed by atoms with E-state index in [4.69, 9.17) is 17.0 Å². The molecule has 1 heterocycles. The standard InChI is InChI=1S/C24H21N3O2S/c1-16-8-11-20(12-9-16)27-22(25-26-24(27)30)15-29-21-13-10-19(14-17(21)2)23(28)18-6-4-3-5-7-18/h3-14H,15H2,1-2H3,(H,26,30). The Hall–Kier alpha value is -3.51. The van der Waals surface area contributed by atoms with Crippen molar-refractivity contribution in [2.24, 2.45) is 0 Å². The van der Waals surface area contributed by atoms with Crippen LogP contribution in [0, 0.1) is 18.6 Å². The summed E-state index contributed by atoms with van der Waals surface area (Å²) in [6.45, 7) is 4.21. The smallest absolute Gasteiger partial charge is 0.199 e. The number of hydrogen-bond donors (Lipinski definition) is 1. The molecular formula is C24H21N3O2S. The molecule has 30 heavy (non-hydrogen) atoms. The molecule has 0 aliphatic rings. The number of ether oxygens (including phenoxy) is 1. The molecule has 0 aliphatic carbocycles. The second-order valence-electron chi connectivity index (χ2n) is 7.08. The fraction of sp³-hybridized carbons (Fsp3) is 0.125. The number of H-pyrrole nitrogens is 1. The Morgan fingerprint density at radius 2 is 1.73 bits per heavy atom. The van der Waals surface area contributed by atoms with Gasteiger partial charge in [0.15, 0.2) is 16.4 Å². The first kappa shape index (κ1) is 19.8. The van der Waals surface area contributed by atoms with Crippen molar-refractivity contribution in [2.75, 3.05) is 0 Å². The summed E-state index contributed by atoms with van der Waals surface area (Å²) in [6, 6.07) is 22.8. The van der Waals surface area contributed by atoms with E-state index in [1.807, 2.05) is 85.1 Å². The van der Waals surface area contributed by atoms with Crippen molar-refractivity contribution in [3.63, 3.8) is 0 Å². The van der Waals surface area contributed by atoms with E-state index in [9.17, 15) is 4.79 Å². The van der Waals surface area contributed by atoms with Crippen LogP contribution in [0.2, 0.25) is 0 Å². The predicted molar refractivity (Wildman–Crippen MR) is 119 cm³/mol. The van der Waals surface area contributed by atoms with E-state index in [-0.39, 0.29) is 12.4 Å². The Balaban J connectivity index is 1.53. The lowest BCUT2D eigenvalue weighted by Crippen LogP contribution is -2.07. The maximum atomic E-state index is 12.6. The van der Waals surface area contributed by atoms with E-state index in [1.54, 1.807) is 6.07 Å². The van der Waals surface area contributed by atoms with Gasteiger partial charge in [0.2, 0.25) is 0 Å². The van der Waals surface area contributed by atoms with Crippen molar-refractivity contribution < 1.29 is 9.53 Å². The Morgan fingerprint density at radius 1 is 1.00 bits per heavy atom. The van der Waals surface area contributed by atoms with Gasteiger partial charge in [-0.05, 0) is 62.0 Å². The second-order valence-corrected chi connectivity index (χ2v) is 7.47. The van der Waals surface area contributed by atoms with Gasteiger partial charge in [-0.1, -0.05) is 48.0 Å². The van der Waals surface area contributed by atoms with Crippen LogP contribution in [0.3, 0.4) is 0 Å². The maximum Gasteiger partial charge on any atom is 0.199 e. The number of aromatic nitrogens is 3. The first-order chi connectivity index (χ1) is 14.5. The monoisotopic (exact) mass is 415 g/mol. The summed E-state index contributed by atoms with van der Waals surface area (Å²) < 4.78 is 8.37. The summed E-state index contributed by atoms with van der Waals surface area (Å²) >= 11 is 5.39. The Morgan fingerprint density at radius 3 is 2.43 bits per heavy atom. The number of hydrogen-bond acceptors (Lipinski definition) is 4. The van der Waals surface area contributed by atoms with Crippen LogP contribution < -0.4 is 4.74 Å². The normalized spacial score (nSPS) is 10.7. The largest absolute Gasteiger partial charge is 0.485 e. The number of carbonyl (C=O) groups is 1. The molecule has 5 nitrogen and oxygen atoms in total. The molecule has 6 heteroatoms. The van der Waals surface area contributed by atoms with Crippen LogP contribution in [-0.2, 0) is 6.61 Å². The number of carbonyl (C=O) groups excluding carboxylic acids is 1. The minimum atomic E-state index is -0.00878. The van der Waals surface area contributed by atoms with Crippen molar-refractivity contribution in [2.45, 2.75) is 20.5 Å². The minimum Gasteiger partial charge on any atom is -0.485 e. The third-order valence-electron chi connectivity index (χ3n) is 4.86. The predicted octanol–water partition coefficient (Wildman–Crippen LogP) is 5.36. The van der Waals surface area contributed by atoms with Gasteiger partial charge in [0.05, 0.1) is 0 Å². The van der Waals surface area contributed by atoms with Gasteiger partial charge in [-0.25, -0.2) is 0 Å². The van der Waals surface area contributed by atoms with Gasteiger partial charge >= 0.3 is 0 Å². The number of rotatable bonds is 6. The van der Waals surface area contributed by atoms with Gasteiger partial charge in [0.25, 0.3) is 0 Å². The van der Waals surface area contributed by atoms with E-state index in [0.29, 0.717) is 27.5 Å². The van der Waals surface area contributed by atoms with Crippen molar-refractivity contribution in [1.82, 2.24) is 14.8 Å². The van der Waals surface area contributed by atoms with Crippen LogP contribution in [-0.4, -0.2) is 20.5 Å². The summed E-state index contributed by atoms with van der Waals surface area (Å²) in [6.07, 6.45) is 0. The average Bonchev–Trinajstić information content (AvgIpc) is 3.14. The van der Waals surface area contributed by atoms with E-state index in [1.165, 1.54) is 5.56 Å². The zero-order valence-electron chi connectivity index (χ0n) is 16.8. The van der Waals surface area contributed by atoms with Gasteiger partial charge in [0, 0.05) is 16.8 Å². The number of nitrogens with one attached hydrogen (secondary N) is 1. The van der Waals surface area contributed by atoms with Gasteiger partial charge in [-0.15, -0.1) is 0 Å². The summed E-state index contributed by atoms with van der Waals surface area (Å²) in [5.41, 5.74) is 4.28. The summed E-state index contributed by atoms with van der Waals surface area (Å²) in [5, 5.41) is 7.15. The molecule has 0 aliphatic heterocycles. The molecule has 0 atom stereocenters. The van der Waals surface area contributed by atoms with Gasteiger partial charge in [-0.3, -0.25) is 14.5 Å². The molecule has 0 saturated carbocycles. The maximum absolute atomic E-state index is 12.6. The summed E-state index contributed by atoms with van der Waals surface area (Å²) in [5.74, 6) is 1.36. The van der Waals surface area contributed by atoms with E-state index < -0.39 is 0 Å². The van der Waals surface area contributed by atoms with E-state index >= 15 is 0 Å². The average molecular weight is 416 g/mol. The fourth-order valence-electron chi connectivity index (χ4n) is 3.24. The highest BCUT2D eigenvalue weighted by Crippen LogP contribution is 2.22. The molecule has 4 aromatic rings. The quantitative estimate of drug-likeness (QED) is 0.340. The second kappa shape index (κ2) is 8.47. The minimum absolute atomic E-state index is 0.00878. The molecule has 0 unspecified atom stereocenters. The van der Waals surface area contributed by atoms with E-state index in [2.05, 4.69) is 10.2 Å². The lowest BCUT2D eigenvalue weighted by molar-refractivity contribution is 0.103. The zero-order valence-corrected chi connectivity index (χ0v) is 17.6. The van der Waals surface area contributed by atoms with Crippen molar-refractivity contribution >= 4 is 18.0 Å². The first-order valence-electron chi connectivity index (χ1n) is 9.59. The Kier molecular flexibility index (Phi) is 5.59. The molecule has 0 bridgehead atoms. The molecule has 4 rings (SSSR count). The topological polar surface area (TPSA) is 59.9 Å². The number of aromatic amines is 1. The third kappa shape index (κ3) is 4.09. The van der Waals surface area contributed by atoms with Gasteiger partial charge in [0.1, 0.15) is 12.4 Å². The number of aryl methyl sites for hydroxylation is 2. The van der Waals surface area contributed by atoms with Crippen LogP contribution in [0.25, 0.3) is 5.69 Å². The highest BCUT2D eigenvalue weighted by atomic mass is 32.1. The van der Waals surface area contributed by atoms with Crippen molar-refractivity contribution in [3.05, 3.63) is 106 Å². The number of benzene rings is 3. The molecular weight excluding hydrogens is 394 g/mol. The number of nitrogens with zero attached hydrogens (tertiary/aromatic N) is 2. The van der Waals surface area contributed by atoms with Crippen molar-refractivity contribution in [1.29, 1.82) is 0 Å². The van der Waals surface area contributed by atoms with Crippen molar-refractivity contribution in [3.8, 4) is 11.4 Å². The molecule has 0 saturated heterocycles. The molecule has 1 N–H and O–H groups in total. The summed E-state index contributed by atoms with van der Waals surface area (Å²) in [4.78, 5) is 12.6. The van der Waals surface area contributed by atoms with Crippen LogP contribution in [0.5, 0.6) is 5.75 Å². The van der Waals surface area contributed by atoms with Crippen LogP contribution in [0.1, 0.15) is 32.9 Å². The molecule has 150 valence electrons. The number of ketones is 1. The van der Waals surface area contributed by atoms with Crippen LogP contribution in [0.15, 0.2) is 72.8 Å². The molecule has 3 aromatic carbocycles. The van der Waals surface area contributed by atoms with Crippen LogP contribution in [0.4, 0.5) is 0 Å².